The van der Waals surface area contributed by atoms with E-state index in [1.54, 1.807) is 54.2 Å². The van der Waals surface area contributed by atoms with E-state index in [1.165, 1.54) is 4.68 Å². The molecule has 32 heavy (non-hydrogen) atoms. The lowest BCUT2D eigenvalue weighted by Gasteiger charge is -2.06. The maximum Gasteiger partial charge on any atom is 0.346 e. The number of para-hydroxylation sites is 1. The zero-order chi connectivity index (χ0) is 22.1. The van der Waals surface area contributed by atoms with Gasteiger partial charge in [0.2, 0.25) is 0 Å². The van der Waals surface area contributed by atoms with E-state index in [1.807, 2.05) is 24.3 Å². The average molecular weight is 426 g/mol. The Kier molecular flexibility index (Phi) is 4.67. The Bertz CT molecular complexity index is 1400. The molecule has 0 unspecified atom stereocenters. The largest absolute Gasteiger partial charge is 0.384 e. The first-order valence-corrected chi connectivity index (χ1v) is 9.71. The van der Waals surface area contributed by atoms with Gasteiger partial charge in [-0.3, -0.25) is 0 Å². The highest BCUT2D eigenvalue weighted by Crippen LogP contribution is 2.29. The molecule has 0 fully saturated rings. The van der Waals surface area contributed by atoms with E-state index in [2.05, 4.69) is 35.8 Å². The van der Waals surface area contributed by atoms with Gasteiger partial charge in [0.25, 0.3) is 0 Å². The smallest absolute Gasteiger partial charge is 0.346 e. The second-order valence-corrected chi connectivity index (χ2v) is 6.89. The number of imidazole rings is 1. The number of carbonyl (C=O) groups excluding carboxylic acids is 1. The van der Waals surface area contributed by atoms with E-state index < -0.39 is 0 Å². The monoisotopic (exact) mass is 426 g/mol. The molecule has 5 aromatic rings. The molecule has 0 saturated heterocycles. The van der Waals surface area contributed by atoms with Crippen molar-refractivity contribution in [1.82, 2.24) is 34.3 Å². The van der Waals surface area contributed by atoms with Crippen molar-refractivity contribution in [3.05, 3.63) is 72.8 Å². The Morgan fingerprint density at radius 3 is 2.69 bits per heavy atom. The zero-order valence-corrected chi connectivity index (χ0v) is 17.0. The van der Waals surface area contributed by atoms with Crippen molar-refractivity contribution in [2.45, 2.75) is 6.92 Å². The first kappa shape index (κ1) is 19.2. The predicted molar refractivity (Wildman–Crippen MR) is 120 cm³/mol. The number of carbonyl (C=O) groups is 1. The molecule has 0 spiro atoms. The molecular weight excluding hydrogens is 408 g/mol. The van der Waals surface area contributed by atoms with E-state index in [4.69, 9.17) is 5.73 Å². The molecule has 0 aliphatic rings. The van der Waals surface area contributed by atoms with Crippen LogP contribution >= 0.6 is 0 Å². The van der Waals surface area contributed by atoms with E-state index in [9.17, 15) is 4.79 Å². The van der Waals surface area contributed by atoms with Crippen LogP contribution in [0.1, 0.15) is 5.82 Å². The number of nitrogens with zero attached hydrogens (tertiary/aromatic N) is 7. The van der Waals surface area contributed by atoms with Gasteiger partial charge < -0.3 is 16.4 Å². The Morgan fingerprint density at radius 1 is 1.03 bits per heavy atom. The lowest BCUT2D eigenvalue weighted by molar-refractivity contribution is 0.251. The van der Waals surface area contributed by atoms with Gasteiger partial charge in [0, 0.05) is 30.2 Å². The number of nitrogens with one attached hydrogen (secondary N) is 2. The summed E-state index contributed by atoms with van der Waals surface area (Å²) in [5.74, 6) is 1.76. The second-order valence-electron chi connectivity index (χ2n) is 6.89. The van der Waals surface area contributed by atoms with Gasteiger partial charge in [-0.2, -0.15) is 9.78 Å². The molecular formula is C21H18N10O. The lowest BCUT2D eigenvalue weighted by Crippen LogP contribution is -2.19. The number of hydrogen-bond acceptors (Lipinski definition) is 8. The molecule has 0 aliphatic heterocycles. The van der Waals surface area contributed by atoms with Gasteiger partial charge in [0.15, 0.2) is 17.3 Å². The zero-order valence-electron chi connectivity index (χ0n) is 17.0. The minimum atomic E-state index is -0.389. The van der Waals surface area contributed by atoms with Crippen LogP contribution in [0.4, 0.5) is 27.9 Å². The van der Waals surface area contributed by atoms with Crippen molar-refractivity contribution in [3.8, 4) is 11.4 Å². The van der Waals surface area contributed by atoms with Crippen LogP contribution in [0.2, 0.25) is 0 Å². The van der Waals surface area contributed by atoms with Crippen molar-refractivity contribution in [3.63, 3.8) is 0 Å². The molecule has 0 bridgehead atoms. The van der Waals surface area contributed by atoms with Crippen LogP contribution in [0, 0.1) is 6.92 Å². The van der Waals surface area contributed by atoms with Crippen molar-refractivity contribution in [1.29, 1.82) is 0 Å². The van der Waals surface area contributed by atoms with Crippen LogP contribution in [0.25, 0.3) is 17.0 Å². The number of rotatable bonds is 4. The number of benzene rings is 1. The number of hydrogen-bond donors (Lipinski definition) is 3. The van der Waals surface area contributed by atoms with Crippen LogP contribution in [0.3, 0.4) is 0 Å². The van der Waals surface area contributed by atoms with Gasteiger partial charge in [0.1, 0.15) is 17.3 Å². The summed E-state index contributed by atoms with van der Waals surface area (Å²) in [6.07, 6.45) is 3.21. The minimum absolute atomic E-state index is 0.339. The molecule has 5 rings (SSSR count). The van der Waals surface area contributed by atoms with Crippen LogP contribution in [-0.4, -0.2) is 40.4 Å². The SMILES string of the molecule is Cc1nc(N)cc(-c2c(Nc3ccn(C(=O)Nc4ccccc4)n3)nc3cccnn23)n1. The third-order valence-electron chi connectivity index (χ3n) is 4.56. The first-order valence-electron chi connectivity index (χ1n) is 9.71. The number of anilines is 4. The summed E-state index contributed by atoms with van der Waals surface area (Å²) in [4.78, 5) is 25.7. The van der Waals surface area contributed by atoms with Gasteiger partial charge in [0.05, 0.1) is 5.69 Å². The van der Waals surface area contributed by atoms with Gasteiger partial charge in [-0.1, -0.05) is 18.2 Å². The highest BCUT2D eigenvalue weighted by Gasteiger charge is 2.19. The molecule has 0 aliphatic carbocycles. The second kappa shape index (κ2) is 7.80. The number of nitrogen functional groups attached to an aromatic ring is 1. The van der Waals surface area contributed by atoms with Crippen LogP contribution in [0.15, 0.2) is 67.0 Å². The van der Waals surface area contributed by atoms with Crippen LogP contribution in [0.5, 0.6) is 0 Å². The van der Waals surface area contributed by atoms with Gasteiger partial charge in [-0.05, 0) is 31.2 Å². The Balaban J connectivity index is 1.48. The number of nitrogens with two attached hydrogens (primary N) is 1. The standard InChI is InChI=1S/C21H18N10O/c1-13-24-15(12-16(22)25-13)19-20(28-18-8-5-10-23-31(18)19)27-17-9-11-30(29-17)21(32)26-14-6-3-2-4-7-14/h2-12H,1H3,(H,26,32)(H,27,29)(H2,22,24,25). The molecule has 4 N–H and O–H groups in total. The molecule has 1 amide bonds. The summed E-state index contributed by atoms with van der Waals surface area (Å²) in [6.45, 7) is 1.76. The third-order valence-corrected chi connectivity index (χ3v) is 4.56. The summed E-state index contributed by atoms with van der Waals surface area (Å²) in [5.41, 5.74) is 8.37. The number of amides is 1. The van der Waals surface area contributed by atoms with Gasteiger partial charge in [-0.15, -0.1) is 5.10 Å². The highest BCUT2D eigenvalue weighted by molar-refractivity contribution is 5.90. The quantitative estimate of drug-likeness (QED) is 0.398. The molecule has 4 heterocycles. The normalized spacial score (nSPS) is 10.9. The van der Waals surface area contributed by atoms with Crippen molar-refractivity contribution in [2.24, 2.45) is 0 Å². The summed E-state index contributed by atoms with van der Waals surface area (Å²) in [5, 5.41) is 14.6. The summed E-state index contributed by atoms with van der Waals surface area (Å²) >= 11 is 0. The molecule has 158 valence electrons. The highest BCUT2D eigenvalue weighted by atomic mass is 16.2. The predicted octanol–water partition coefficient (Wildman–Crippen LogP) is 3.10. The summed E-state index contributed by atoms with van der Waals surface area (Å²) in [7, 11) is 0. The topological polar surface area (TPSA) is 141 Å². The number of aryl methyl sites for hydroxylation is 1. The van der Waals surface area contributed by atoms with Gasteiger partial charge >= 0.3 is 6.03 Å². The molecule has 4 aromatic heterocycles. The maximum atomic E-state index is 12.5. The van der Waals surface area contributed by atoms with Crippen LogP contribution in [-0.2, 0) is 0 Å². The fourth-order valence-electron chi connectivity index (χ4n) is 3.25. The summed E-state index contributed by atoms with van der Waals surface area (Å²) < 4.78 is 2.86. The lowest BCUT2D eigenvalue weighted by atomic mass is 10.3. The molecule has 0 saturated carbocycles. The van der Waals surface area contributed by atoms with E-state index >= 15 is 0 Å². The van der Waals surface area contributed by atoms with Crippen LogP contribution < -0.4 is 16.4 Å². The number of aromatic nitrogens is 7. The Morgan fingerprint density at radius 2 is 1.88 bits per heavy atom. The Labute approximate surface area is 182 Å². The Hall–Kier alpha value is -4.80. The summed E-state index contributed by atoms with van der Waals surface area (Å²) in [6, 6.07) is 15.7. The van der Waals surface area contributed by atoms with E-state index in [0.29, 0.717) is 46.0 Å². The average Bonchev–Trinajstić information content (AvgIpc) is 3.38. The van der Waals surface area contributed by atoms with Crippen molar-refractivity contribution in [2.75, 3.05) is 16.4 Å². The third kappa shape index (κ3) is 3.69. The fraction of sp³-hybridized carbons (Fsp3) is 0.0476. The molecule has 0 atom stereocenters. The first-order chi connectivity index (χ1) is 15.6. The van der Waals surface area contributed by atoms with Gasteiger partial charge in [-0.25, -0.2) is 24.3 Å². The van der Waals surface area contributed by atoms with Crippen molar-refractivity contribution >= 4 is 34.8 Å². The molecule has 11 heteroatoms. The molecule has 11 nitrogen and oxygen atoms in total. The van der Waals surface area contributed by atoms with E-state index in [-0.39, 0.29) is 6.03 Å². The minimum Gasteiger partial charge on any atom is -0.384 e. The van der Waals surface area contributed by atoms with E-state index in [0.717, 1.165) is 0 Å². The fourth-order valence-corrected chi connectivity index (χ4v) is 3.25. The van der Waals surface area contributed by atoms with Crippen molar-refractivity contribution < 1.29 is 4.79 Å². The molecule has 1 aromatic carbocycles. The maximum absolute atomic E-state index is 12.5. The molecule has 0 radical (unpaired) electrons. The number of fused-ring (bicyclic) bond motifs is 1.